The molecule has 1 saturated heterocycles. The molecule has 3 heterocycles. The van der Waals surface area contributed by atoms with Gasteiger partial charge in [0.1, 0.15) is 11.6 Å². The van der Waals surface area contributed by atoms with Crippen molar-refractivity contribution in [1.29, 1.82) is 0 Å². The molecule has 0 bridgehead atoms. The molecule has 1 aliphatic carbocycles. The van der Waals surface area contributed by atoms with E-state index in [1.54, 1.807) is 0 Å². The largest absolute Gasteiger partial charge is 0.424 e. The van der Waals surface area contributed by atoms with Gasteiger partial charge in [0.2, 0.25) is 11.8 Å². The number of aromatic nitrogens is 5. The molecule has 2 aromatic heterocycles. The highest BCUT2D eigenvalue weighted by Gasteiger charge is 2.29. The lowest BCUT2D eigenvalue weighted by atomic mass is 9.85. The number of aryl methyl sites for hydroxylation is 1. The number of hydrogen-bond acceptors (Lipinski definition) is 7. The highest BCUT2D eigenvalue weighted by molar-refractivity contribution is 4.97. The summed E-state index contributed by atoms with van der Waals surface area (Å²) in [6.45, 7) is 5.65. The van der Waals surface area contributed by atoms with Gasteiger partial charge in [0, 0.05) is 32.1 Å². The molecule has 0 radical (unpaired) electrons. The molecule has 8 nitrogen and oxygen atoms in total. The first-order chi connectivity index (χ1) is 12.1. The Morgan fingerprint density at radius 3 is 2.68 bits per heavy atom. The molecule has 1 unspecified atom stereocenters. The lowest BCUT2D eigenvalue weighted by molar-refractivity contribution is 0.208. The minimum atomic E-state index is 0.508. The van der Waals surface area contributed by atoms with Gasteiger partial charge in [0.25, 0.3) is 0 Å². The Hall–Kier alpha value is -1.80. The quantitative estimate of drug-likeness (QED) is 0.785. The molecular weight excluding hydrogens is 318 g/mol. The summed E-state index contributed by atoms with van der Waals surface area (Å²) in [5.74, 6) is 4.07. The third kappa shape index (κ3) is 3.46. The summed E-state index contributed by atoms with van der Waals surface area (Å²) in [4.78, 5) is 4.78. The fourth-order valence-electron chi connectivity index (χ4n) is 3.60. The molecule has 25 heavy (non-hydrogen) atoms. The van der Waals surface area contributed by atoms with E-state index in [4.69, 9.17) is 4.42 Å². The smallest absolute Gasteiger partial charge is 0.230 e. The number of hydrogen-bond donors (Lipinski definition) is 0. The van der Waals surface area contributed by atoms with Gasteiger partial charge in [-0.15, -0.1) is 20.4 Å². The normalized spacial score (nSPS) is 22.0. The van der Waals surface area contributed by atoms with Crippen LogP contribution in [-0.4, -0.2) is 60.9 Å². The van der Waals surface area contributed by atoms with Gasteiger partial charge >= 0.3 is 0 Å². The second-order valence-corrected chi connectivity index (χ2v) is 7.48. The Balaban J connectivity index is 1.30. The topological polar surface area (TPSA) is 76.1 Å². The molecule has 1 atom stereocenters. The Bertz CT molecular complexity index is 720. The number of rotatable bonds is 6. The van der Waals surface area contributed by atoms with Crippen molar-refractivity contribution in [2.75, 3.05) is 20.1 Å². The fourth-order valence-corrected chi connectivity index (χ4v) is 3.60. The molecule has 8 heteroatoms. The highest BCUT2D eigenvalue weighted by Crippen LogP contribution is 2.35. The van der Waals surface area contributed by atoms with Gasteiger partial charge in [0.05, 0.1) is 13.1 Å². The van der Waals surface area contributed by atoms with Crippen molar-refractivity contribution >= 4 is 0 Å². The van der Waals surface area contributed by atoms with E-state index in [1.165, 1.54) is 19.3 Å². The zero-order valence-corrected chi connectivity index (χ0v) is 15.4. The summed E-state index contributed by atoms with van der Waals surface area (Å²) < 4.78 is 7.92. The summed E-state index contributed by atoms with van der Waals surface area (Å²) in [5, 5.41) is 16.9. The summed E-state index contributed by atoms with van der Waals surface area (Å²) >= 11 is 0. The minimum Gasteiger partial charge on any atom is -0.424 e. The molecule has 0 spiro atoms. The minimum absolute atomic E-state index is 0.508. The van der Waals surface area contributed by atoms with E-state index in [1.807, 2.05) is 14.0 Å². The van der Waals surface area contributed by atoms with Crippen LogP contribution in [0.4, 0.5) is 0 Å². The summed E-state index contributed by atoms with van der Waals surface area (Å²) in [5.41, 5.74) is 0. The van der Waals surface area contributed by atoms with Crippen molar-refractivity contribution < 1.29 is 4.42 Å². The van der Waals surface area contributed by atoms with Crippen LogP contribution in [0.5, 0.6) is 0 Å². The van der Waals surface area contributed by atoms with E-state index < -0.39 is 0 Å². The summed E-state index contributed by atoms with van der Waals surface area (Å²) in [6, 6.07) is 0.519. The molecule has 0 N–H and O–H groups in total. The zero-order valence-electron chi connectivity index (χ0n) is 15.4. The van der Waals surface area contributed by atoms with Gasteiger partial charge < -0.3 is 8.98 Å². The molecule has 1 aliphatic heterocycles. The molecular formula is C17H27N7O. The predicted octanol–water partition coefficient (Wildman–Crippen LogP) is 1.48. The van der Waals surface area contributed by atoms with Crippen LogP contribution in [-0.2, 0) is 20.1 Å². The van der Waals surface area contributed by atoms with Crippen molar-refractivity contribution in [3.8, 4) is 0 Å². The number of likely N-dealkylation sites (N-methyl/N-ethyl adjacent to an activating group) is 1. The second kappa shape index (κ2) is 6.84. The van der Waals surface area contributed by atoms with E-state index in [9.17, 15) is 0 Å². The second-order valence-electron chi connectivity index (χ2n) is 7.48. The Labute approximate surface area is 148 Å². The lowest BCUT2D eigenvalue weighted by Crippen LogP contribution is -2.34. The van der Waals surface area contributed by atoms with Crippen LogP contribution < -0.4 is 0 Å². The van der Waals surface area contributed by atoms with E-state index >= 15 is 0 Å². The molecule has 136 valence electrons. The van der Waals surface area contributed by atoms with Crippen molar-refractivity contribution in [3.05, 3.63) is 23.4 Å². The van der Waals surface area contributed by atoms with Crippen LogP contribution in [0.3, 0.4) is 0 Å². The van der Waals surface area contributed by atoms with Gasteiger partial charge in [-0.25, -0.2) is 0 Å². The lowest BCUT2D eigenvalue weighted by Gasteiger charge is -2.24. The molecule has 2 fully saturated rings. The average Bonchev–Trinajstić information content (AvgIpc) is 3.24. The van der Waals surface area contributed by atoms with Gasteiger partial charge in [-0.05, 0) is 33.2 Å². The molecule has 2 aliphatic rings. The van der Waals surface area contributed by atoms with E-state index in [-0.39, 0.29) is 0 Å². The van der Waals surface area contributed by atoms with Crippen LogP contribution in [0.25, 0.3) is 0 Å². The van der Waals surface area contributed by atoms with E-state index in [0.717, 1.165) is 56.0 Å². The van der Waals surface area contributed by atoms with Crippen molar-refractivity contribution in [2.24, 2.45) is 7.05 Å². The Morgan fingerprint density at radius 2 is 2.00 bits per heavy atom. The van der Waals surface area contributed by atoms with Gasteiger partial charge in [-0.3, -0.25) is 9.80 Å². The third-order valence-electron chi connectivity index (χ3n) is 5.74. The maximum absolute atomic E-state index is 5.86. The maximum atomic E-state index is 5.86. The van der Waals surface area contributed by atoms with Gasteiger partial charge in [0.15, 0.2) is 0 Å². The first-order valence-corrected chi connectivity index (χ1v) is 9.20. The number of likely N-dealkylation sites (tertiary alicyclic amines) is 1. The fraction of sp³-hybridized carbons (Fsp3) is 0.765. The predicted molar refractivity (Wildman–Crippen MR) is 91.8 cm³/mol. The van der Waals surface area contributed by atoms with Crippen molar-refractivity contribution in [3.63, 3.8) is 0 Å². The molecule has 2 aromatic rings. The van der Waals surface area contributed by atoms with Crippen LogP contribution in [0.15, 0.2) is 4.42 Å². The van der Waals surface area contributed by atoms with Gasteiger partial charge in [-0.2, -0.15) is 0 Å². The summed E-state index contributed by atoms with van der Waals surface area (Å²) in [7, 11) is 4.19. The first-order valence-electron chi connectivity index (χ1n) is 9.20. The molecule has 4 rings (SSSR count). The van der Waals surface area contributed by atoms with E-state index in [0.29, 0.717) is 12.0 Å². The molecule has 0 aromatic carbocycles. The SMILES string of the molecule is Cc1nnc(CN(C)C2CCN(Cc3nnc(C4CCC4)o3)C2)n1C. The Morgan fingerprint density at radius 1 is 1.16 bits per heavy atom. The molecule has 0 amide bonds. The van der Waals surface area contributed by atoms with Crippen LogP contribution in [0.1, 0.15) is 55.0 Å². The van der Waals surface area contributed by atoms with Crippen LogP contribution in [0.2, 0.25) is 0 Å². The van der Waals surface area contributed by atoms with E-state index in [2.05, 4.69) is 41.8 Å². The van der Waals surface area contributed by atoms with Crippen molar-refractivity contribution in [1.82, 2.24) is 34.8 Å². The highest BCUT2D eigenvalue weighted by atomic mass is 16.4. The van der Waals surface area contributed by atoms with Crippen molar-refractivity contribution in [2.45, 2.75) is 57.7 Å². The first kappa shape index (κ1) is 16.7. The number of nitrogens with zero attached hydrogens (tertiary/aromatic N) is 7. The standard InChI is InChI=1S/C17H27N7O/c1-12-18-19-15(23(12)3)10-22(2)14-7-8-24(9-14)11-16-20-21-17(25-16)13-5-4-6-13/h13-14H,4-11H2,1-3H3. The molecule has 1 saturated carbocycles. The monoisotopic (exact) mass is 345 g/mol. The van der Waals surface area contributed by atoms with Crippen LogP contribution in [0, 0.1) is 6.92 Å². The average molecular weight is 345 g/mol. The van der Waals surface area contributed by atoms with Crippen LogP contribution >= 0.6 is 0 Å². The van der Waals surface area contributed by atoms with Gasteiger partial charge in [-0.1, -0.05) is 6.42 Å². The Kier molecular flexibility index (Phi) is 4.56. The maximum Gasteiger partial charge on any atom is 0.230 e. The summed E-state index contributed by atoms with van der Waals surface area (Å²) in [6.07, 6.45) is 4.82. The third-order valence-corrected chi connectivity index (χ3v) is 5.74. The zero-order chi connectivity index (χ0) is 17.4.